The first-order chi connectivity index (χ1) is 19.1. The van der Waals surface area contributed by atoms with Crippen LogP contribution in [0.15, 0.2) is 48.8 Å². The number of hydrogen-bond acceptors (Lipinski definition) is 7. The number of pyridine rings is 2. The van der Waals surface area contributed by atoms with Crippen LogP contribution in [0.25, 0.3) is 11.4 Å². The lowest BCUT2D eigenvalue weighted by Gasteiger charge is -2.32. The second-order valence-corrected chi connectivity index (χ2v) is 10.7. The molecule has 1 saturated heterocycles. The van der Waals surface area contributed by atoms with E-state index >= 15 is 0 Å². The minimum atomic E-state index is -4.58. The average Bonchev–Trinajstić information content (AvgIpc) is 3.56. The summed E-state index contributed by atoms with van der Waals surface area (Å²) in [6.45, 7) is 6.14. The smallest absolute Gasteiger partial charge is 0.443 e. The lowest BCUT2D eigenvalue weighted by Crippen LogP contribution is -2.34. The Balaban J connectivity index is 1.11. The van der Waals surface area contributed by atoms with Crippen molar-refractivity contribution in [1.82, 2.24) is 30.0 Å². The molecule has 0 aliphatic carbocycles. The third-order valence-electron chi connectivity index (χ3n) is 7.42. The summed E-state index contributed by atoms with van der Waals surface area (Å²) < 4.78 is 51.2. The molecule has 1 fully saturated rings. The van der Waals surface area contributed by atoms with Crippen LogP contribution in [0.3, 0.4) is 0 Å². The van der Waals surface area contributed by atoms with Crippen LogP contribution in [0.1, 0.15) is 54.0 Å². The highest BCUT2D eigenvalue weighted by Crippen LogP contribution is 2.49. The van der Waals surface area contributed by atoms with Crippen molar-refractivity contribution in [2.75, 3.05) is 13.1 Å². The number of H-pyrrole nitrogens is 1. The summed E-state index contributed by atoms with van der Waals surface area (Å²) in [6.07, 6.45) is 0.409. The maximum Gasteiger partial charge on any atom is 0.451 e. The fraction of sp³-hybridized carbons (Fsp3) is 0.357. The molecule has 6 rings (SSSR count). The number of benzene rings is 1. The third kappa shape index (κ3) is 5.11. The lowest BCUT2D eigenvalue weighted by molar-refractivity contribution is -0.144. The van der Waals surface area contributed by atoms with Gasteiger partial charge in [-0.25, -0.2) is 0 Å². The van der Waals surface area contributed by atoms with Gasteiger partial charge in [0, 0.05) is 37.0 Å². The molecule has 0 amide bonds. The van der Waals surface area contributed by atoms with Crippen LogP contribution in [0.2, 0.25) is 5.02 Å². The van der Waals surface area contributed by atoms with Crippen LogP contribution in [-0.2, 0) is 18.5 Å². The van der Waals surface area contributed by atoms with Crippen molar-refractivity contribution < 1.29 is 22.6 Å². The van der Waals surface area contributed by atoms with Crippen LogP contribution in [0, 0.1) is 6.92 Å². The van der Waals surface area contributed by atoms with E-state index in [1.807, 2.05) is 26.0 Å². The summed E-state index contributed by atoms with van der Waals surface area (Å²) in [5, 5.41) is 7.37. The molecule has 1 unspecified atom stereocenters. The number of fused-ring (bicyclic) bond motifs is 1. The first-order valence-electron chi connectivity index (χ1n) is 12.9. The fourth-order valence-corrected chi connectivity index (χ4v) is 5.36. The minimum absolute atomic E-state index is 0.0415. The number of aromatic amines is 1. The molecule has 0 bridgehead atoms. The number of alkyl halides is 3. The Morgan fingerprint density at radius 2 is 1.88 bits per heavy atom. The highest BCUT2D eigenvalue weighted by molar-refractivity contribution is 6.30. The first-order valence-corrected chi connectivity index (χ1v) is 13.3. The molecule has 40 heavy (non-hydrogen) atoms. The van der Waals surface area contributed by atoms with Crippen molar-refractivity contribution >= 4 is 11.6 Å². The molecule has 2 aliphatic heterocycles. The Morgan fingerprint density at radius 1 is 1.07 bits per heavy atom. The first kappa shape index (κ1) is 26.5. The molecule has 5 heterocycles. The molecule has 0 saturated carbocycles. The van der Waals surface area contributed by atoms with Gasteiger partial charge in [0.15, 0.2) is 17.3 Å². The molecule has 2 aliphatic rings. The number of hydrogen-bond donors (Lipinski definition) is 1. The van der Waals surface area contributed by atoms with E-state index < -0.39 is 17.8 Å². The van der Waals surface area contributed by atoms with Crippen LogP contribution in [-0.4, -0.2) is 43.1 Å². The zero-order valence-electron chi connectivity index (χ0n) is 21.8. The van der Waals surface area contributed by atoms with Gasteiger partial charge in [0.2, 0.25) is 5.82 Å². The van der Waals surface area contributed by atoms with E-state index in [1.165, 1.54) is 6.20 Å². The lowest BCUT2D eigenvalue weighted by atomic mass is 9.88. The van der Waals surface area contributed by atoms with Crippen LogP contribution in [0.5, 0.6) is 11.5 Å². The summed E-state index contributed by atoms with van der Waals surface area (Å²) in [4.78, 5) is 13.5. The summed E-state index contributed by atoms with van der Waals surface area (Å²) in [6, 6.07) is 11.4. The highest BCUT2D eigenvalue weighted by atomic mass is 35.5. The Hall–Kier alpha value is -3.70. The van der Waals surface area contributed by atoms with Crippen molar-refractivity contribution in [3.8, 4) is 22.9 Å². The predicted octanol–water partition coefficient (Wildman–Crippen LogP) is 6.27. The minimum Gasteiger partial charge on any atom is -0.443 e. The zero-order chi connectivity index (χ0) is 28.1. The van der Waals surface area contributed by atoms with E-state index in [1.54, 1.807) is 24.4 Å². The van der Waals surface area contributed by atoms with E-state index in [-0.39, 0.29) is 5.82 Å². The van der Waals surface area contributed by atoms with Gasteiger partial charge in [-0.05, 0) is 68.6 Å². The van der Waals surface area contributed by atoms with E-state index in [2.05, 4.69) is 36.1 Å². The molecular formula is C28H26ClF3N6O2. The average molecular weight is 571 g/mol. The predicted molar refractivity (Wildman–Crippen MR) is 141 cm³/mol. The maximum atomic E-state index is 12.9. The van der Waals surface area contributed by atoms with E-state index in [0.29, 0.717) is 34.5 Å². The molecular weight excluding hydrogens is 545 g/mol. The molecule has 208 valence electrons. The zero-order valence-corrected chi connectivity index (χ0v) is 22.6. The third-order valence-corrected chi connectivity index (χ3v) is 7.64. The maximum absolute atomic E-state index is 12.9. The Labute approximate surface area is 233 Å². The van der Waals surface area contributed by atoms with Gasteiger partial charge in [-0.2, -0.15) is 13.2 Å². The van der Waals surface area contributed by atoms with Crippen molar-refractivity contribution in [2.45, 2.75) is 51.1 Å². The number of ether oxygens (including phenoxy) is 2. The van der Waals surface area contributed by atoms with Gasteiger partial charge in [-0.3, -0.25) is 14.9 Å². The van der Waals surface area contributed by atoms with Crippen molar-refractivity contribution in [1.29, 1.82) is 0 Å². The molecule has 1 N–H and O–H groups in total. The summed E-state index contributed by atoms with van der Waals surface area (Å²) in [7, 11) is 0. The number of likely N-dealkylation sites (tertiary alicyclic amines) is 1. The quantitative estimate of drug-likeness (QED) is 0.303. The van der Waals surface area contributed by atoms with Gasteiger partial charge in [-0.15, -0.1) is 10.2 Å². The molecule has 0 radical (unpaired) electrons. The number of aromatic nitrogens is 5. The van der Waals surface area contributed by atoms with E-state index in [4.69, 9.17) is 21.1 Å². The number of halogens is 4. The highest BCUT2D eigenvalue weighted by Gasteiger charge is 2.42. The molecule has 12 heteroatoms. The van der Waals surface area contributed by atoms with Crippen molar-refractivity contribution in [3.05, 3.63) is 82.2 Å². The second-order valence-electron chi connectivity index (χ2n) is 10.2. The number of nitrogens with zero attached hydrogens (tertiary/aromatic N) is 5. The number of rotatable bonds is 5. The van der Waals surface area contributed by atoms with Crippen LogP contribution < -0.4 is 9.47 Å². The number of para-hydroxylation sites is 1. The normalized spacial score (nSPS) is 19.8. The molecule has 3 aromatic heterocycles. The fourth-order valence-electron chi connectivity index (χ4n) is 5.25. The van der Waals surface area contributed by atoms with Gasteiger partial charge in [-0.1, -0.05) is 23.7 Å². The van der Waals surface area contributed by atoms with Crippen molar-refractivity contribution in [2.24, 2.45) is 0 Å². The topological polar surface area (TPSA) is 89.1 Å². The number of aryl methyl sites for hydroxylation is 1. The largest absolute Gasteiger partial charge is 0.451 e. The van der Waals surface area contributed by atoms with Crippen LogP contribution in [0.4, 0.5) is 13.2 Å². The number of piperidine rings is 1. The number of nitrogens with one attached hydrogen (secondary N) is 1. The molecule has 1 atom stereocenters. The Kier molecular flexibility index (Phi) is 6.66. The monoisotopic (exact) mass is 570 g/mol. The van der Waals surface area contributed by atoms with Gasteiger partial charge < -0.3 is 14.5 Å². The van der Waals surface area contributed by atoms with Gasteiger partial charge in [0.1, 0.15) is 5.69 Å². The molecule has 0 spiro atoms. The van der Waals surface area contributed by atoms with Gasteiger partial charge in [0.25, 0.3) is 5.79 Å². The molecule has 1 aromatic carbocycles. The van der Waals surface area contributed by atoms with E-state index in [0.717, 1.165) is 48.5 Å². The second kappa shape index (κ2) is 10.0. The van der Waals surface area contributed by atoms with Crippen LogP contribution >= 0.6 is 11.6 Å². The van der Waals surface area contributed by atoms with E-state index in [9.17, 15) is 13.2 Å². The standard InChI is InChI=1S/C28H26ClF3N6O2/c1-16-12-18(25-35-26(37-36-25)28(30,31)32)13-33-21(16)15-38-10-8-17(9-11-38)20-4-3-5-22-24(20)40-27(2,39-22)23-7-6-19(29)14-34-23/h3-7,12-14,17H,8-11,15H2,1-2H3,(H,35,36,37). The molecule has 4 aromatic rings. The molecule has 8 nitrogen and oxygen atoms in total. The van der Waals surface area contributed by atoms with Crippen molar-refractivity contribution in [3.63, 3.8) is 0 Å². The Bertz CT molecular complexity index is 1540. The Morgan fingerprint density at radius 3 is 2.55 bits per heavy atom. The van der Waals surface area contributed by atoms with Gasteiger partial charge in [0.05, 0.1) is 10.7 Å². The SMILES string of the molecule is Cc1cc(-c2nnc(C(F)(F)F)[nH]2)cnc1CN1CCC(c2cccc3c2OC(C)(c2ccc(Cl)cn2)O3)CC1. The summed E-state index contributed by atoms with van der Waals surface area (Å²) >= 11 is 6.01. The summed E-state index contributed by atoms with van der Waals surface area (Å²) in [5.74, 6) is -0.345. The summed E-state index contributed by atoms with van der Waals surface area (Å²) in [5.41, 5.74) is 3.99. The van der Waals surface area contributed by atoms with Gasteiger partial charge >= 0.3 is 6.18 Å².